The van der Waals surface area contributed by atoms with Gasteiger partial charge in [-0.3, -0.25) is 4.79 Å². The fourth-order valence-electron chi connectivity index (χ4n) is 2.68. The summed E-state index contributed by atoms with van der Waals surface area (Å²) in [7, 11) is 1.48. The summed E-state index contributed by atoms with van der Waals surface area (Å²) in [5.74, 6) is 0.791. The fourth-order valence-corrected chi connectivity index (χ4v) is 2.68. The Bertz CT molecular complexity index is 288. The SMILES string of the molecule is CCN(CCC(NC1CC1)C(=O)OC)CC1CCC1. The molecular weight excluding hydrogens is 240 g/mol. The number of nitrogens with zero attached hydrogens (tertiary/aromatic N) is 1. The Morgan fingerprint density at radius 3 is 2.58 bits per heavy atom. The largest absolute Gasteiger partial charge is 0.468 e. The van der Waals surface area contributed by atoms with E-state index in [0.717, 1.165) is 25.4 Å². The van der Waals surface area contributed by atoms with Gasteiger partial charge in [0.15, 0.2) is 0 Å². The Labute approximate surface area is 116 Å². The lowest BCUT2D eigenvalue weighted by Crippen LogP contribution is -2.42. The minimum absolute atomic E-state index is 0.105. The lowest BCUT2D eigenvalue weighted by Gasteiger charge is -2.32. The van der Waals surface area contributed by atoms with E-state index >= 15 is 0 Å². The second kappa shape index (κ2) is 7.25. The average molecular weight is 268 g/mol. The molecule has 1 N–H and O–H groups in total. The van der Waals surface area contributed by atoms with Crippen LogP contribution in [0.5, 0.6) is 0 Å². The van der Waals surface area contributed by atoms with E-state index < -0.39 is 0 Å². The van der Waals surface area contributed by atoms with Crippen LogP contribution in [0.2, 0.25) is 0 Å². The standard InChI is InChI=1S/C15H28N2O2/c1-3-17(11-12-5-4-6-12)10-9-14(15(18)19-2)16-13-7-8-13/h12-14,16H,3-11H2,1-2H3. The number of esters is 1. The van der Waals surface area contributed by atoms with Crippen LogP contribution in [0.4, 0.5) is 0 Å². The maximum atomic E-state index is 11.8. The van der Waals surface area contributed by atoms with Crippen LogP contribution in [0.3, 0.4) is 0 Å². The minimum Gasteiger partial charge on any atom is -0.468 e. The predicted molar refractivity (Wildman–Crippen MR) is 76.0 cm³/mol. The van der Waals surface area contributed by atoms with Crippen molar-refractivity contribution in [2.45, 2.75) is 57.5 Å². The van der Waals surface area contributed by atoms with Crippen molar-refractivity contribution in [3.8, 4) is 0 Å². The smallest absolute Gasteiger partial charge is 0.322 e. The molecule has 0 aromatic rings. The molecule has 1 unspecified atom stereocenters. The summed E-state index contributed by atoms with van der Waals surface area (Å²) < 4.78 is 4.90. The minimum atomic E-state index is -0.118. The number of rotatable bonds is 9. The highest BCUT2D eigenvalue weighted by molar-refractivity contribution is 5.75. The normalized spacial score (nSPS) is 21.2. The molecule has 4 nitrogen and oxygen atoms in total. The zero-order valence-corrected chi connectivity index (χ0v) is 12.4. The molecule has 4 heteroatoms. The molecule has 19 heavy (non-hydrogen) atoms. The summed E-state index contributed by atoms with van der Waals surface area (Å²) in [5, 5.41) is 3.40. The van der Waals surface area contributed by atoms with Crippen molar-refractivity contribution in [1.29, 1.82) is 0 Å². The summed E-state index contributed by atoms with van der Waals surface area (Å²) in [5.41, 5.74) is 0. The lowest BCUT2D eigenvalue weighted by molar-refractivity contribution is -0.143. The second-order valence-electron chi connectivity index (χ2n) is 6.00. The van der Waals surface area contributed by atoms with Crippen LogP contribution >= 0.6 is 0 Å². The first kappa shape index (κ1) is 14.8. The third-order valence-electron chi connectivity index (χ3n) is 4.42. The molecule has 0 radical (unpaired) electrons. The number of ether oxygens (including phenoxy) is 1. The highest BCUT2D eigenvalue weighted by atomic mass is 16.5. The molecular formula is C15H28N2O2. The Hall–Kier alpha value is -0.610. The Morgan fingerprint density at radius 1 is 1.37 bits per heavy atom. The highest BCUT2D eigenvalue weighted by Gasteiger charge is 2.29. The zero-order valence-electron chi connectivity index (χ0n) is 12.4. The van der Waals surface area contributed by atoms with E-state index in [1.165, 1.54) is 45.8 Å². The number of carbonyl (C=O) groups is 1. The van der Waals surface area contributed by atoms with Gasteiger partial charge in [-0.05, 0) is 44.6 Å². The zero-order chi connectivity index (χ0) is 13.7. The number of hydrogen-bond acceptors (Lipinski definition) is 4. The van der Waals surface area contributed by atoms with Gasteiger partial charge in [-0.15, -0.1) is 0 Å². The van der Waals surface area contributed by atoms with E-state index in [9.17, 15) is 4.79 Å². The molecule has 2 aliphatic carbocycles. The molecule has 2 rings (SSSR count). The van der Waals surface area contributed by atoms with Gasteiger partial charge < -0.3 is 15.0 Å². The molecule has 110 valence electrons. The van der Waals surface area contributed by atoms with Crippen LogP contribution in [-0.2, 0) is 9.53 Å². The van der Waals surface area contributed by atoms with Crippen molar-refractivity contribution in [3.63, 3.8) is 0 Å². The van der Waals surface area contributed by atoms with Crippen molar-refractivity contribution in [1.82, 2.24) is 10.2 Å². The maximum absolute atomic E-state index is 11.8. The Balaban J connectivity index is 1.72. The molecule has 2 aliphatic rings. The monoisotopic (exact) mass is 268 g/mol. The lowest BCUT2D eigenvalue weighted by atomic mass is 9.85. The van der Waals surface area contributed by atoms with E-state index in [4.69, 9.17) is 4.74 Å². The van der Waals surface area contributed by atoms with Crippen molar-refractivity contribution < 1.29 is 9.53 Å². The average Bonchev–Trinajstić information content (AvgIpc) is 3.18. The van der Waals surface area contributed by atoms with Crippen molar-refractivity contribution >= 4 is 5.97 Å². The maximum Gasteiger partial charge on any atom is 0.322 e. The first-order chi connectivity index (χ1) is 9.22. The van der Waals surface area contributed by atoms with Gasteiger partial charge >= 0.3 is 5.97 Å². The van der Waals surface area contributed by atoms with Crippen LogP contribution < -0.4 is 5.32 Å². The van der Waals surface area contributed by atoms with Gasteiger partial charge in [-0.25, -0.2) is 0 Å². The molecule has 0 spiro atoms. The second-order valence-corrected chi connectivity index (χ2v) is 6.00. The van der Waals surface area contributed by atoms with Crippen molar-refractivity contribution in [2.24, 2.45) is 5.92 Å². The van der Waals surface area contributed by atoms with Gasteiger partial charge in [0, 0.05) is 19.1 Å². The van der Waals surface area contributed by atoms with Crippen LogP contribution in [-0.4, -0.2) is 49.7 Å². The Kier molecular flexibility index (Phi) is 5.64. The molecule has 1 atom stereocenters. The Morgan fingerprint density at radius 2 is 2.11 bits per heavy atom. The third kappa shape index (κ3) is 4.77. The van der Waals surface area contributed by atoms with Crippen LogP contribution in [0.15, 0.2) is 0 Å². The van der Waals surface area contributed by atoms with Gasteiger partial charge in [0.25, 0.3) is 0 Å². The highest BCUT2D eigenvalue weighted by Crippen LogP contribution is 2.27. The van der Waals surface area contributed by atoms with Crippen molar-refractivity contribution in [2.75, 3.05) is 26.7 Å². The van der Waals surface area contributed by atoms with E-state index in [1.807, 2.05) is 0 Å². The van der Waals surface area contributed by atoms with Gasteiger partial charge in [-0.2, -0.15) is 0 Å². The summed E-state index contributed by atoms with van der Waals surface area (Å²) in [4.78, 5) is 14.2. The quantitative estimate of drug-likeness (QED) is 0.647. The summed E-state index contributed by atoms with van der Waals surface area (Å²) >= 11 is 0. The first-order valence-electron chi connectivity index (χ1n) is 7.79. The van der Waals surface area contributed by atoms with Gasteiger partial charge in [-0.1, -0.05) is 13.3 Å². The summed E-state index contributed by atoms with van der Waals surface area (Å²) in [6.07, 6.45) is 7.44. The molecule has 2 fully saturated rings. The van der Waals surface area contributed by atoms with Crippen LogP contribution in [0, 0.1) is 5.92 Å². The van der Waals surface area contributed by atoms with E-state index in [1.54, 1.807) is 0 Å². The molecule has 2 saturated carbocycles. The fraction of sp³-hybridized carbons (Fsp3) is 0.933. The van der Waals surface area contributed by atoms with Crippen LogP contribution in [0.25, 0.3) is 0 Å². The van der Waals surface area contributed by atoms with E-state index in [-0.39, 0.29) is 12.0 Å². The molecule has 0 amide bonds. The molecule has 0 aromatic heterocycles. The van der Waals surface area contributed by atoms with Gasteiger partial charge in [0.1, 0.15) is 6.04 Å². The third-order valence-corrected chi connectivity index (χ3v) is 4.42. The molecule has 0 heterocycles. The number of methoxy groups -OCH3 is 1. The molecule has 0 aromatic carbocycles. The summed E-state index contributed by atoms with van der Waals surface area (Å²) in [6, 6.07) is 0.429. The summed E-state index contributed by atoms with van der Waals surface area (Å²) in [6.45, 7) is 5.48. The van der Waals surface area contributed by atoms with E-state index in [0.29, 0.717) is 6.04 Å². The molecule has 0 saturated heterocycles. The molecule has 0 bridgehead atoms. The number of carbonyl (C=O) groups excluding carboxylic acids is 1. The topological polar surface area (TPSA) is 41.6 Å². The van der Waals surface area contributed by atoms with Gasteiger partial charge in [0.2, 0.25) is 0 Å². The van der Waals surface area contributed by atoms with Gasteiger partial charge in [0.05, 0.1) is 7.11 Å². The first-order valence-corrected chi connectivity index (χ1v) is 7.79. The van der Waals surface area contributed by atoms with Crippen molar-refractivity contribution in [3.05, 3.63) is 0 Å². The van der Waals surface area contributed by atoms with E-state index in [2.05, 4.69) is 17.1 Å². The molecule has 0 aliphatic heterocycles. The van der Waals surface area contributed by atoms with Crippen LogP contribution in [0.1, 0.15) is 45.4 Å². The number of hydrogen-bond donors (Lipinski definition) is 1. The number of nitrogens with one attached hydrogen (secondary N) is 1. The predicted octanol–water partition coefficient (Wildman–Crippen LogP) is 1.79.